The summed E-state index contributed by atoms with van der Waals surface area (Å²) >= 11 is 0. The van der Waals surface area contributed by atoms with E-state index in [4.69, 9.17) is 4.74 Å². The number of ketones is 1. The smallest absolute Gasteiger partial charge is 0.333 e. The minimum atomic E-state index is -0.481. The average Bonchev–Trinajstić information content (AvgIpc) is 2.02. The second-order valence-electron chi connectivity index (χ2n) is 4.17. The van der Waals surface area contributed by atoms with Gasteiger partial charge in [0.15, 0.2) is 0 Å². The summed E-state index contributed by atoms with van der Waals surface area (Å²) in [6, 6.07) is 0. The van der Waals surface area contributed by atoms with Crippen LogP contribution in [0.2, 0.25) is 0 Å². The summed E-state index contributed by atoms with van der Waals surface area (Å²) in [5.74, 6) is -0.486. The van der Waals surface area contributed by atoms with E-state index in [1.165, 1.54) is 0 Å². The molecule has 0 aliphatic carbocycles. The van der Waals surface area contributed by atoms with Gasteiger partial charge in [-0.3, -0.25) is 4.79 Å². The van der Waals surface area contributed by atoms with Crippen LogP contribution >= 0.6 is 0 Å². The fraction of sp³-hybridized carbons (Fsp3) is 0.636. The lowest BCUT2D eigenvalue weighted by Crippen LogP contribution is -2.22. The van der Waals surface area contributed by atoms with Gasteiger partial charge >= 0.3 is 5.97 Å². The Bertz CT molecular complexity index is 246. The molecule has 3 heteroatoms. The molecule has 0 aliphatic heterocycles. The minimum Gasteiger partial charge on any atom is -0.463 e. The van der Waals surface area contributed by atoms with Crippen LogP contribution in [-0.2, 0) is 14.3 Å². The Kier molecular flexibility index (Phi) is 4.54. The van der Waals surface area contributed by atoms with Gasteiger partial charge in [-0.1, -0.05) is 27.4 Å². The number of rotatable bonds is 4. The third-order valence-electron chi connectivity index (χ3n) is 1.77. The lowest BCUT2D eigenvalue weighted by Gasteiger charge is -2.16. The van der Waals surface area contributed by atoms with Crippen LogP contribution in [0.3, 0.4) is 0 Å². The van der Waals surface area contributed by atoms with E-state index in [9.17, 15) is 9.59 Å². The number of carbonyl (C=O) groups excluding carboxylic acids is 2. The monoisotopic (exact) mass is 198 g/mol. The Morgan fingerprint density at radius 2 is 1.79 bits per heavy atom. The number of esters is 1. The van der Waals surface area contributed by atoms with Gasteiger partial charge in [0.1, 0.15) is 5.78 Å². The third-order valence-corrected chi connectivity index (χ3v) is 1.77. The molecule has 0 rings (SSSR count). The average molecular weight is 198 g/mol. The molecule has 0 aromatic heterocycles. The first kappa shape index (κ1) is 12.9. The number of hydrogen-bond donors (Lipinski definition) is 0. The van der Waals surface area contributed by atoms with E-state index < -0.39 is 11.4 Å². The lowest BCUT2D eigenvalue weighted by atomic mass is 9.87. The van der Waals surface area contributed by atoms with Crippen molar-refractivity contribution >= 4 is 11.8 Å². The second kappa shape index (κ2) is 4.94. The Morgan fingerprint density at radius 3 is 2.14 bits per heavy atom. The number of hydrogen-bond acceptors (Lipinski definition) is 3. The first-order chi connectivity index (χ1) is 6.29. The van der Waals surface area contributed by atoms with Crippen molar-refractivity contribution in [2.24, 2.45) is 5.41 Å². The van der Waals surface area contributed by atoms with Crippen molar-refractivity contribution in [2.45, 2.75) is 34.1 Å². The normalized spacial score (nSPS) is 10.9. The van der Waals surface area contributed by atoms with Crippen molar-refractivity contribution in [3.05, 3.63) is 12.2 Å². The van der Waals surface area contributed by atoms with Crippen molar-refractivity contribution in [3.63, 3.8) is 0 Å². The first-order valence-electron chi connectivity index (χ1n) is 4.67. The molecular weight excluding hydrogens is 180 g/mol. The molecule has 0 radical (unpaired) electrons. The van der Waals surface area contributed by atoms with E-state index in [0.717, 1.165) is 0 Å². The van der Waals surface area contributed by atoms with Gasteiger partial charge in [0, 0.05) is 17.4 Å². The van der Waals surface area contributed by atoms with Crippen LogP contribution < -0.4 is 0 Å². The van der Waals surface area contributed by atoms with Crippen LogP contribution in [-0.4, -0.2) is 18.4 Å². The van der Waals surface area contributed by atoms with Crippen molar-refractivity contribution < 1.29 is 14.3 Å². The van der Waals surface area contributed by atoms with E-state index in [1.807, 2.05) is 20.8 Å². The molecule has 0 aromatic carbocycles. The van der Waals surface area contributed by atoms with Crippen molar-refractivity contribution in [1.29, 1.82) is 0 Å². The van der Waals surface area contributed by atoms with Gasteiger partial charge < -0.3 is 4.74 Å². The van der Waals surface area contributed by atoms with Crippen LogP contribution in [0.15, 0.2) is 12.2 Å². The fourth-order valence-electron chi connectivity index (χ4n) is 0.764. The maximum Gasteiger partial charge on any atom is 0.333 e. The maximum atomic E-state index is 11.5. The number of ether oxygens (including phenoxy) is 1. The van der Waals surface area contributed by atoms with Crippen molar-refractivity contribution in [1.82, 2.24) is 0 Å². The van der Waals surface area contributed by atoms with Gasteiger partial charge in [-0.25, -0.2) is 4.79 Å². The summed E-state index contributed by atoms with van der Waals surface area (Å²) in [4.78, 5) is 22.6. The quantitative estimate of drug-likeness (QED) is 0.513. The zero-order valence-corrected chi connectivity index (χ0v) is 9.35. The summed E-state index contributed by atoms with van der Waals surface area (Å²) < 4.78 is 4.73. The summed E-state index contributed by atoms with van der Waals surface area (Å²) in [6.07, 6.45) is 0.0718. The molecule has 14 heavy (non-hydrogen) atoms. The standard InChI is InChI=1S/C11H18O3/c1-6-14-10(13)8(2)7-9(12)11(3,4)5/h2,6-7H2,1,3-5H3. The van der Waals surface area contributed by atoms with Crippen LogP contribution in [0.25, 0.3) is 0 Å². The highest BCUT2D eigenvalue weighted by Crippen LogP contribution is 2.19. The van der Waals surface area contributed by atoms with Gasteiger partial charge in [-0.2, -0.15) is 0 Å². The lowest BCUT2D eigenvalue weighted by molar-refractivity contribution is -0.139. The van der Waals surface area contributed by atoms with Gasteiger partial charge in [0.25, 0.3) is 0 Å². The number of Topliss-reactive ketones (excluding diaryl/α,β-unsaturated/α-hetero) is 1. The van der Waals surface area contributed by atoms with Crippen LogP contribution in [0, 0.1) is 5.41 Å². The molecule has 0 unspecified atom stereocenters. The molecule has 0 saturated heterocycles. The molecule has 0 amide bonds. The van der Waals surface area contributed by atoms with Crippen LogP contribution in [0.5, 0.6) is 0 Å². The molecule has 0 atom stereocenters. The Morgan fingerprint density at radius 1 is 1.29 bits per heavy atom. The van der Waals surface area contributed by atoms with E-state index in [-0.39, 0.29) is 17.8 Å². The summed E-state index contributed by atoms with van der Waals surface area (Å²) in [5.41, 5.74) is -0.207. The highest BCUT2D eigenvalue weighted by Gasteiger charge is 2.23. The molecule has 0 saturated carbocycles. The van der Waals surface area contributed by atoms with Crippen LogP contribution in [0.4, 0.5) is 0 Å². The predicted octanol–water partition coefficient (Wildman–Crippen LogP) is 2.11. The minimum absolute atomic E-state index is 0.00412. The SMILES string of the molecule is C=C(CC(=O)C(C)(C)C)C(=O)OCC. The van der Waals surface area contributed by atoms with Gasteiger partial charge in [0.05, 0.1) is 6.61 Å². The molecular formula is C11H18O3. The molecule has 0 N–H and O–H groups in total. The summed E-state index contributed by atoms with van der Waals surface area (Å²) in [7, 11) is 0. The summed E-state index contributed by atoms with van der Waals surface area (Å²) in [6.45, 7) is 11.0. The van der Waals surface area contributed by atoms with Gasteiger partial charge in [-0.15, -0.1) is 0 Å². The fourth-order valence-corrected chi connectivity index (χ4v) is 0.764. The third kappa shape index (κ3) is 4.21. The Balaban J connectivity index is 4.21. The molecule has 0 aliphatic rings. The molecule has 0 heterocycles. The molecule has 0 fully saturated rings. The van der Waals surface area contributed by atoms with E-state index in [0.29, 0.717) is 6.61 Å². The highest BCUT2D eigenvalue weighted by atomic mass is 16.5. The Labute approximate surface area is 85.1 Å². The molecule has 0 bridgehead atoms. The Hall–Kier alpha value is -1.12. The number of carbonyl (C=O) groups is 2. The zero-order valence-electron chi connectivity index (χ0n) is 9.35. The molecule has 0 spiro atoms. The second-order valence-corrected chi connectivity index (χ2v) is 4.17. The molecule has 3 nitrogen and oxygen atoms in total. The zero-order chi connectivity index (χ0) is 11.4. The summed E-state index contributed by atoms with van der Waals surface area (Å²) in [5, 5.41) is 0. The van der Waals surface area contributed by atoms with Gasteiger partial charge in [-0.05, 0) is 6.92 Å². The first-order valence-corrected chi connectivity index (χ1v) is 4.67. The van der Waals surface area contributed by atoms with Crippen molar-refractivity contribution in [2.75, 3.05) is 6.61 Å². The maximum absolute atomic E-state index is 11.5. The highest BCUT2D eigenvalue weighted by molar-refractivity contribution is 5.96. The van der Waals surface area contributed by atoms with E-state index in [2.05, 4.69) is 6.58 Å². The predicted molar refractivity (Wildman–Crippen MR) is 54.9 cm³/mol. The van der Waals surface area contributed by atoms with Crippen molar-refractivity contribution in [3.8, 4) is 0 Å². The topological polar surface area (TPSA) is 43.4 Å². The largest absolute Gasteiger partial charge is 0.463 e. The van der Waals surface area contributed by atoms with E-state index in [1.54, 1.807) is 6.92 Å². The molecule has 80 valence electrons. The van der Waals surface area contributed by atoms with Crippen LogP contribution in [0.1, 0.15) is 34.1 Å². The van der Waals surface area contributed by atoms with Gasteiger partial charge in [0.2, 0.25) is 0 Å². The van der Waals surface area contributed by atoms with E-state index >= 15 is 0 Å². The molecule has 0 aromatic rings.